The van der Waals surface area contributed by atoms with Crippen LogP contribution in [0.25, 0.3) is 0 Å². The molecule has 0 spiro atoms. The second kappa shape index (κ2) is 8.61. The van der Waals surface area contributed by atoms with Gasteiger partial charge in [0.2, 0.25) is 0 Å². The molecule has 0 bridgehead atoms. The van der Waals surface area contributed by atoms with Crippen LogP contribution in [0.3, 0.4) is 0 Å². The average Bonchev–Trinajstić information content (AvgIpc) is 2.75. The van der Waals surface area contributed by atoms with E-state index in [4.69, 9.17) is 4.74 Å². The molecule has 4 heteroatoms. The summed E-state index contributed by atoms with van der Waals surface area (Å²) in [7, 11) is 0. The summed E-state index contributed by atoms with van der Waals surface area (Å²) in [5.41, 5.74) is 1.06. The van der Waals surface area contributed by atoms with Crippen LogP contribution in [0, 0.1) is 0 Å². The van der Waals surface area contributed by atoms with E-state index in [1.54, 1.807) is 11.3 Å². The molecule has 0 saturated carbocycles. The van der Waals surface area contributed by atoms with Crippen LogP contribution in [-0.2, 0) is 17.9 Å². The van der Waals surface area contributed by atoms with Crippen LogP contribution in [0.1, 0.15) is 50.7 Å². The monoisotopic (exact) mass is 256 g/mol. The predicted octanol–water partition coefficient (Wildman–Crippen LogP) is 3.35. The van der Waals surface area contributed by atoms with Crippen molar-refractivity contribution < 1.29 is 4.74 Å². The lowest BCUT2D eigenvalue weighted by molar-refractivity contribution is 0.0455. The van der Waals surface area contributed by atoms with Gasteiger partial charge in [-0.1, -0.05) is 20.3 Å². The Bertz CT molecular complexity index is 301. The molecule has 0 amide bonds. The molecule has 0 radical (unpaired) electrons. The molecule has 0 aliphatic heterocycles. The fourth-order valence-corrected chi connectivity index (χ4v) is 2.33. The number of hydrogen-bond donors (Lipinski definition) is 1. The zero-order valence-corrected chi connectivity index (χ0v) is 12.0. The first-order chi connectivity index (χ1) is 8.26. The van der Waals surface area contributed by atoms with Crippen molar-refractivity contribution in [1.82, 2.24) is 10.3 Å². The van der Waals surface area contributed by atoms with Crippen molar-refractivity contribution in [2.45, 2.75) is 59.3 Å². The van der Waals surface area contributed by atoms with Crippen LogP contribution >= 0.6 is 11.3 Å². The van der Waals surface area contributed by atoms with Gasteiger partial charge in [0.05, 0.1) is 18.4 Å². The van der Waals surface area contributed by atoms with Gasteiger partial charge in [-0.2, -0.15) is 0 Å². The van der Waals surface area contributed by atoms with Crippen molar-refractivity contribution in [3.63, 3.8) is 0 Å². The molecule has 1 heterocycles. The average molecular weight is 256 g/mol. The van der Waals surface area contributed by atoms with Gasteiger partial charge in [0.25, 0.3) is 0 Å². The first kappa shape index (κ1) is 14.6. The standard InChI is InChI=1S/C13H24N2OS/c1-4-6-11(3)16-9-12-10-17-13(15-12)8-14-7-5-2/h10-11,14H,4-9H2,1-3H3. The number of nitrogens with zero attached hydrogens (tertiary/aromatic N) is 1. The Hall–Kier alpha value is -0.450. The van der Waals surface area contributed by atoms with Crippen molar-refractivity contribution in [2.75, 3.05) is 6.54 Å². The second-order valence-corrected chi connectivity index (χ2v) is 5.26. The molecule has 1 aromatic heterocycles. The number of aromatic nitrogens is 1. The Morgan fingerprint density at radius 3 is 2.94 bits per heavy atom. The fourth-order valence-electron chi connectivity index (χ4n) is 1.59. The highest BCUT2D eigenvalue weighted by Crippen LogP contribution is 2.12. The first-order valence-corrected chi connectivity index (χ1v) is 7.39. The summed E-state index contributed by atoms with van der Waals surface area (Å²) >= 11 is 1.71. The maximum Gasteiger partial charge on any atom is 0.107 e. The van der Waals surface area contributed by atoms with Gasteiger partial charge in [0, 0.05) is 11.9 Å². The third-order valence-corrected chi connectivity index (χ3v) is 3.41. The van der Waals surface area contributed by atoms with E-state index in [1.165, 1.54) is 6.42 Å². The summed E-state index contributed by atoms with van der Waals surface area (Å²) in [6.07, 6.45) is 3.79. The van der Waals surface area contributed by atoms with Gasteiger partial charge in [-0.25, -0.2) is 4.98 Å². The van der Waals surface area contributed by atoms with E-state index >= 15 is 0 Å². The van der Waals surface area contributed by atoms with Crippen molar-refractivity contribution in [1.29, 1.82) is 0 Å². The summed E-state index contributed by atoms with van der Waals surface area (Å²) in [4.78, 5) is 4.55. The summed E-state index contributed by atoms with van der Waals surface area (Å²) in [6, 6.07) is 0. The maximum atomic E-state index is 5.73. The third kappa shape index (κ3) is 6.15. The number of nitrogens with one attached hydrogen (secondary N) is 1. The molecule has 98 valence electrons. The molecular formula is C13H24N2OS. The van der Waals surface area contributed by atoms with E-state index in [0.29, 0.717) is 12.7 Å². The largest absolute Gasteiger partial charge is 0.372 e. The molecule has 0 saturated heterocycles. The van der Waals surface area contributed by atoms with Crippen molar-refractivity contribution >= 4 is 11.3 Å². The van der Waals surface area contributed by atoms with Crippen LogP contribution in [0.15, 0.2) is 5.38 Å². The van der Waals surface area contributed by atoms with Gasteiger partial charge in [-0.3, -0.25) is 0 Å². The number of hydrogen-bond acceptors (Lipinski definition) is 4. The molecule has 17 heavy (non-hydrogen) atoms. The molecule has 0 fully saturated rings. The van der Waals surface area contributed by atoms with Crippen molar-refractivity contribution in [2.24, 2.45) is 0 Å². The molecule has 3 nitrogen and oxygen atoms in total. The molecule has 1 N–H and O–H groups in total. The summed E-state index contributed by atoms with van der Waals surface area (Å²) < 4.78 is 5.73. The van der Waals surface area contributed by atoms with E-state index in [2.05, 4.69) is 36.5 Å². The minimum atomic E-state index is 0.336. The van der Waals surface area contributed by atoms with E-state index in [0.717, 1.165) is 36.6 Å². The highest BCUT2D eigenvalue weighted by atomic mass is 32.1. The predicted molar refractivity (Wildman–Crippen MR) is 73.3 cm³/mol. The van der Waals surface area contributed by atoms with Crippen LogP contribution in [0.4, 0.5) is 0 Å². The normalized spacial score (nSPS) is 12.9. The van der Waals surface area contributed by atoms with Crippen molar-refractivity contribution in [3.8, 4) is 0 Å². The molecule has 1 rings (SSSR count). The van der Waals surface area contributed by atoms with Gasteiger partial charge in [0.15, 0.2) is 0 Å². The Kier molecular flexibility index (Phi) is 7.40. The van der Waals surface area contributed by atoms with Crippen LogP contribution in [-0.4, -0.2) is 17.6 Å². The van der Waals surface area contributed by atoms with E-state index < -0.39 is 0 Å². The second-order valence-electron chi connectivity index (χ2n) is 4.32. The zero-order valence-electron chi connectivity index (χ0n) is 11.2. The van der Waals surface area contributed by atoms with Crippen molar-refractivity contribution in [3.05, 3.63) is 16.1 Å². The minimum Gasteiger partial charge on any atom is -0.372 e. The topological polar surface area (TPSA) is 34.2 Å². The molecule has 0 aromatic carbocycles. The molecule has 0 aliphatic rings. The summed E-state index contributed by atoms with van der Waals surface area (Å²) in [6.45, 7) is 9.05. The van der Waals surface area contributed by atoms with Gasteiger partial charge >= 0.3 is 0 Å². The Morgan fingerprint density at radius 2 is 2.24 bits per heavy atom. The van der Waals surface area contributed by atoms with Gasteiger partial charge in [-0.15, -0.1) is 11.3 Å². The third-order valence-electron chi connectivity index (χ3n) is 2.51. The molecular weight excluding hydrogens is 232 g/mol. The SMILES string of the molecule is CCCNCc1nc(COC(C)CCC)cs1. The number of thiazole rings is 1. The van der Waals surface area contributed by atoms with Gasteiger partial charge < -0.3 is 10.1 Å². The Labute approximate surface area is 109 Å². The highest BCUT2D eigenvalue weighted by molar-refractivity contribution is 7.09. The zero-order chi connectivity index (χ0) is 12.5. The summed E-state index contributed by atoms with van der Waals surface area (Å²) in [5, 5.41) is 6.61. The quantitative estimate of drug-likeness (QED) is 0.688. The van der Waals surface area contributed by atoms with Gasteiger partial charge in [-0.05, 0) is 26.3 Å². The number of ether oxygens (including phenoxy) is 1. The lowest BCUT2D eigenvalue weighted by atomic mass is 10.2. The van der Waals surface area contributed by atoms with E-state index in [9.17, 15) is 0 Å². The Morgan fingerprint density at radius 1 is 1.41 bits per heavy atom. The molecule has 1 aromatic rings. The molecule has 1 atom stereocenters. The summed E-state index contributed by atoms with van der Waals surface area (Å²) in [5.74, 6) is 0. The molecule has 1 unspecified atom stereocenters. The first-order valence-electron chi connectivity index (χ1n) is 6.51. The fraction of sp³-hybridized carbons (Fsp3) is 0.769. The van der Waals surface area contributed by atoms with Crippen LogP contribution < -0.4 is 5.32 Å². The molecule has 0 aliphatic carbocycles. The minimum absolute atomic E-state index is 0.336. The lowest BCUT2D eigenvalue weighted by Gasteiger charge is -2.10. The van der Waals surface area contributed by atoms with Gasteiger partial charge in [0.1, 0.15) is 5.01 Å². The van der Waals surface area contributed by atoms with E-state index in [-0.39, 0.29) is 0 Å². The van der Waals surface area contributed by atoms with Crippen LogP contribution in [0.2, 0.25) is 0 Å². The van der Waals surface area contributed by atoms with E-state index in [1.807, 2.05) is 0 Å². The maximum absolute atomic E-state index is 5.73. The Balaban J connectivity index is 2.25. The number of rotatable bonds is 9. The van der Waals surface area contributed by atoms with Crippen LogP contribution in [0.5, 0.6) is 0 Å². The lowest BCUT2D eigenvalue weighted by Crippen LogP contribution is -2.13. The highest BCUT2D eigenvalue weighted by Gasteiger charge is 2.05. The smallest absolute Gasteiger partial charge is 0.107 e.